The summed E-state index contributed by atoms with van der Waals surface area (Å²) in [5.41, 5.74) is 6.08. The summed E-state index contributed by atoms with van der Waals surface area (Å²) in [5.74, 6) is 1.67. The first kappa shape index (κ1) is 11.3. The van der Waals surface area contributed by atoms with Crippen LogP contribution in [0.3, 0.4) is 0 Å². The zero-order valence-corrected chi connectivity index (χ0v) is 9.20. The third-order valence-electron chi connectivity index (χ3n) is 2.78. The van der Waals surface area contributed by atoms with Crippen LogP contribution in [0.2, 0.25) is 0 Å². The lowest BCUT2D eigenvalue weighted by atomic mass is 9.94. The van der Waals surface area contributed by atoms with Gasteiger partial charge in [-0.2, -0.15) is 0 Å². The standard InChI is InChI=1S/C12H21NO/c1-3-5-10(2)12(13)8-7-11-6-4-9-14-11/h4,6,9-10,12H,3,5,7-8,13H2,1-2H3. The number of hydrogen-bond donors (Lipinski definition) is 1. The Morgan fingerprint density at radius 1 is 1.43 bits per heavy atom. The fourth-order valence-corrected chi connectivity index (χ4v) is 1.72. The molecule has 1 aromatic rings. The van der Waals surface area contributed by atoms with Crippen molar-refractivity contribution < 1.29 is 4.42 Å². The SMILES string of the molecule is CCCC(C)C(N)CCc1ccco1. The van der Waals surface area contributed by atoms with Gasteiger partial charge in [0.05, 0.1) is 6.26 Å². The zero-order chi connectivity index (χ0) is 10.4. The highest BCUT2D eigenvalue weighted by atomic mass is 16.3. The zero-order valence-electron chi connectivity index (χ0n) is 9.20. The van der Waals surface area contributed by atoms with E-state index in [9.17, 15) is 0 Å². The van der Waals surface area contributed by atoms with Crippen LogP contribution in [0.4, 0.5) is 0 Å². The van der Waals surface area contributed by atoms with Crippen molar-refractivity contribution in [2.75, 3.05) is 0 Å². The van der Waals surface area contributed by atoms with Crippen LogP contribution >= 0.6 is 0 Å². The molecular weight excluding hydrogens is 174 g/mol. The summed E-state index contributed by atoms with van der Waals surface area (Å²) in [4.78, 5) is 0. The molecule has 2 nitrogen and oxygen atoms in total. The van der Waals surface area contributed by atoms with Crippen molar-refractivity contribution in [1.82, 2.24) is 0 Å². The molecule has 0 saturated carbocycles. The molecule has 0 spiro atoms. The lowest BCUT2D eigenvalue weighted by Gasteiger charge is -2.18. The van der Waals surface area contributed by atoms with E-state index in [1.807, 2.05) is 12.1 Å². The second-order valence-corrected chi connectivity index (χ2v) is 4.05. The largest absolute Gasteiger partial charge is 0.469 e. The number of furan rings is 1. The molecule has 0 radical (unpaired) electrons. The topological polar surface area (TPSA) is 39.2 Å². The third-order valence-corrected chi connectivity index (χ3v) is 2.78. The summed E-state index contributed by atoms with van der Waals surface area (Å²) in [6, 6.07) is 4.24. The number of nitrogens with two attached hydrogens (primary N) is 1. The van der Waals surface area contributed by atoms with Crippen LogP contribution in [0, 0.1) is 5.92 Å². The van der Waals surface area contributed by atoms with E-state index in [1.165, 1.54) is 12.8 Å². The van der Waals surface area contributed by atoms with Crippen LogP contribution in [0.5, 0.6) is 0 Å². The molecule has 0 aromatic carbocycles. The van der Waals surface area contributed by atoms with Crippen LogP contribution in [0.15, 0.2) is 22.8 Å². The van der Waals surface area contributed by atoms with Gasteiger partial charge in [0.15, 0.2) is 0 Å². The second-order valence-electron chi connectivity index (χ2n) is 4.05. The summed E-state index contributed by atoms with van der Waals surface area (Å²) < 4.78 is 5.27. The molecule has 14 heavy (non-hydrogen) atoms. The summed E-state index contributed by atoms with van der Waals surface area (Å²) >= 11 is 0. The lowest BCUT2D eigenvalue weighted by molar-refractivity contribution is 0.389. The molecule has 2 N–H and O–H groups in total. The highest BCUT2D eigenvalue weighted by molar-refractivity contribution is 4.98. The van der Waals surface area contributed by atoms with Gasteiger partial charge in [0.25, 0.3) is 0 Å². The molecule has 0 aliphatic carbocycles. The molecule has 1 rings (SSSR count). The average molecular weight is 195 g/mol. The summed E-state index contributed by atoms with van der Waals surface area (Å²) in [6.45, 7) is 4.44. The molecular formula is C12H21NO. The van der Waals surface area contributed by atoms with Gasteiger partial charge in [-0.15, -0.1) is 0 Å². The molecule has 0 bridgehead atoms. The molecule has 0 aliphatic heterocycles. The van der Waals surface area contributed by atoms with Gasteiger partial charge in [0, 0.05) is 12.5 Å². The maximum absolute atomic E-state index is 6.08. The first-order valence-electron chi connectivity index (χ1n) is 5.52. The maximum Gasteiger partial charge on any atom is 0.103 e. The fourth-order valence-electron chi connectivity index (χ4n) is 1.72. The Kier molecular flexibility index (Phi) is 4.74. The van der Waals surface area contributed by atoms with Crippen LogP contribution in [0.1, 0.15) is 38.9 Å². The normalized spacial score (nSPS) is 15.4. The molecule has 0 amide bonds. The van der Waals surface area contributed by atoms with Crippen LogP contribution in [-0.2, 0) is 6.42 Å². The number of rotatable bonds is 6. The van der Waals surface area contributed by atoms with Gasteiger partial charge in [-0.1, -0.05) is 20.3 Å². The Bertz CT molecular complexity index is 230. The second kappa shape index (κ2) is 5.86. The minimum atomic E-state index is 0.306. The summed E-state index contributed by atoms with van der Waals surface area (Å²) in [6.07, 6.45) is 6.14. The molecule has 1 heterocycles. The molecule has 2 unspecified atom stereocenters. The molecule has 2 atom stereocenters. The minimum Gasteiger partial charge on any atom is -0.469 e. The molecule has 0 saturated heterocycles. The van der Waals surface area contributed by atoms with E-state index in [2.05, 4.69) is 13.8 Å². The predicted molar refractivity (Wildman–Crippen MR) is 59.1 cm³/mol. The summed E-state index contributed by atoms with van der Waals surface area (Å²) in [5, 5.41) is 0. The van der Waals surface area contributed by atoms with Crippen molar-refractivity contribution in [1.29, 1.82) is 0 Å². The van der Waals surface area contributed by atoms with Gasteiger partial charge < -0.3 is 10.2 Å². The van der Waals surface area contributed by atoms with E-state index < -0.39 is 0 Å². The van der Waals surface area contributed by atoms with E-state index in [-0.39, 0.29) is 0 Å². The van der Waals surface area contributed by atoms with Crippen LogP contribution in [0.25, 0.3) is 0 Å². The minimum absolute atomic E-state index is 0.306. The van der Waals surface area contributed by atoms with Crippen LogP contribution < -0.4 is 5.73 Å². The maximum atomic E-state index is 6.08. The van der Waals surface area contributed by atoms with E-state index in [1.54, 1.807) is 6.26 Å². The van der Waals surface area contributed by atoms with Crippen molar-refractivity contribution in [3.63, 3.8) is 0 Å². The van der Waals surface area contributed by atoms with Gasteiger partial charge in [-0.05, 0) is 30.9 Å². The van der Waals surface area contributed by atoms with E-state index in [4.69, 9.17) is 10.2 Å². The molecule has 1 aromatic heterocycles. The monoisotopic (exact) mass is 195 g/mol. The Labute approximate surface area is 86.5 Å². The molecule has 2 heteroatoms. The fraction of sp³-hybridized carbons (Fsp3) is 0.667. The van der Waals surface area contributed by atoms with Crippen molar-refractivity contribution in [3.05, 3.63) is 24.2 Å². The number of hydrogen-bond acceptors (Lipinski definition) is 2. The summed E-state index contributed by atoms with van der Waals surface area (Å²) in [7, 11) is 0. The van der Waals surface area contributed by atoms with Gasteiger partial charge in [-0.3, -0.25) is 0 Å². The first-order valence-corrected chi connectivity index (χ1v) is 5.52. The van der Waals surface area contributed by atoms with Gasteiger partial charge in [0.1, 0.15) is 5.76 Å². The number of aryl methyl sites for hydroxylation is 1. The van der Waals surface area contributed by atoms with Gasteiger partial charge in [-0.25, -0.2) is 0 Å². The first-order chi connectivity index (χ1) is 6.74. The molecule has 0 aliphatic rings. The Balaban J connectivity index is 2.24. The predicted octanol–water partition coefficient (Wildman–Crippen LogP) is 2.98. The Hall–Kier alpha value is -0.760. The van der Waals surface area contributed by atoms with Crippen molar-refractivity contribution in [2.45, 2.75) is 45.6 Å². The third kappa shape index (κ3) is 3.54. The quantitative estimate of drug-likeness (QED) is 0.758. The van der Waals surface area contributed by atoms with Crippen molar-refractivity contribution in [3.8, 4) is 0 Å². The van der Waals surface area contributed by atoms with Crippen molar-refractivity contribution >= 4 is 0 Å². The average Bonchev–Trinajstić information content (AvgIpc) is 2.67. The molecule has 0 fully saturated rings. The van der Waals surface area contributed by atoms with E-state index in [0.29, 0.717) is 12.0 Å². The van der Waals surface area contributed by atoms with Crippen molar-refractivity contribution in [2.24, 2.45) is 11.7 Å². The van der Waals surface area contributed by atoms with Crippen LogP contribution in [-0.4, -0.2) is 6.04 Å². The Morgan fingerprint density at radius 2 is 2.21 bits per heavy atom. The van der Waals surface area contributed by atoms with Gasteiger partial charge >= 0.3 is 0 Å². The highest BCUT2D eigenvalue weighted by Gasteiger charge is 2.11. The Morgan fingerprint density at radius 3 is 2.79 bits per heavy atom. The van der Waals surface area contributed by atoms with E-state index >= 15 is 0 Å². The smallest absolute Gasteiger partial charge is 0.103 e. The van der Waals surface area contributed by atoms with E-state index in [0.717, 1.165) is 18.6 Å². The lowest BCUT2D eigenvalue weighted by Crippen LogP contribution is -2.28. The molecule has 80 valence electrons. The van der Waals surface area contributed by atoms with Gasteiger partial charge in [0.2, 0.25) is 0 Å². The highest BCUT2D eigenvalue weighted by Crippen LogP contribution is 2.14.